The Labute approximate surface area is 373 Å². The van der Waals surface area contributed by atoms with Gasteiger partial charge in [-0.15, -0.1) is 0 Å². The molecule has 0 aliphatic heterocycles. The zero-order chi connectivity index (χ0) is 44.4. The van der Waals surface area contributed by atoms with E-state index in [2.05, 4.69) is 89.3 Å². The molecule has 7 aromatic carbocycles. The predicted molar refractivity (Wildman–Crippen MR) is 248 cm³/mol. The first-order valence-corrected chi connectivity index (χ1v) is 19.8. The summed E-state index contributed by atoms with van der Waals surface area (Å²) in [5.41, 5.74) is 10.7. The van der Waals surface area contributed by atoms with E-state index in [0.29, 0.717) is 39.1 Å². The van der Waals surface area contributed by atoms with Crippen LogP contribution in [-0.2, 0) is 0 Å². The maximum Gasteiger partial charge on any atom is 0.150 e. The Morgan fingerprint density at radius 1 is 0.297 bits per heavy atom. The summed E-state index contributed by atoms with van der Waals surface area (Å²) in [4.78, 5) is 0. The fourth-order valence-corrected chi connectivity index (χ4v) is 5.84. The molecule has 0 atom stereocenters. The van der Waals surface area contributed by atoms with Gasteiger partial charge in [0.05, 0.1) is 52.6 Å². The van der Waals surface area contributed by atoms with E-state index >= 15 is 0 Å². The van der Waals surface area contributed by atoms with Gasteiger partial charge in [-0.3, -0.25) is 0 Å². The van der Waals surface area contributed by atoms with Crippen molar-refractivity contribution in [2.75, 3.05) is 13.2 Å². The minimum Gasteiger partial charge on any atom is -0.489 e. The zero-order valence-corrected chi connectivity index (χ0v) is 34.1. The summed E-state index contributed by atoms with van der Waals surface area (Å²) in [6.45, 7) is -0.168. The molecule has 1 N–H and O–H groups in total. The lowest BCUT2D eigenvalue weighted by molar-refractivity contribution is 0.201. The molecule has 0 saturated heterocycles. The fourth-order valence-electron chi connectivity index (χ4n) is 5.84. The fraction of sp³-hybridized carbons (Fsp3) is 0.0339. The van der Waals surface area contributed by atoms with Crippen molar-refractivity contribution in [3.63, 3.8) is 0 Å². The van der Waals surface area contributed by atoms with Crippen LogP contribution in [0.3, 0.4) is 0 Å². The van der Waals surface area contributed by atoms with Crippen LogP contribution in [0.15, 0.2) is 158 Å². The third kappa shape index (κ3) is 12.1. The van der Waals surface area contributed by atoms with Gasteiger partial charge >= 0.3 is 0 Å². The molecule has 7 aromatic rings. The van der Waals surface area contributed by atoms with Crippen molar-refractivity contribution in [3.8, 4) is 95.0 Å². The summed E-state index contributed by atoms with van der Waals surface area (Å²) in [5.74, 6) is 38.8. The molecule has 5 heteroatoms. The van der Waals surface area contributed by atoms with Crippen LogP contribution < -0.4 is 4.74 Å². The van der Waals surface area contributed by atoms with E-state index in [1.165, 1.54) is 0 Å². The van der Waals surface area contributed by atoms with Gasteiger partial charge in [0.1, 0.15) is 6.61 Å². The van der Waals surface area contributed by atoms with Crippen molar-refractivity contribution >= 4 is 0 Å². The van der Waals surface area contributed by atoms with Crippen molar-refractivity contribution < 1.29 is 9.84 Å². The van der Waals surface area contributed by atoms with Crippen molar-refractivity contribution in [2.24, 2.45) is 0 Å². The van der Waals surface area contributed by atoms with Gasteiger partial charge in [-0.25, -0.2) is 0 Å². The lowest BCUT2D eigenvalue weighted by Crippen LogP contribution is -2.05. The van der Waals surface area contributed by atoms with E-state index in [9.17, 15) is 5.11 Å². The molecule has 0 fully saturated rings. The van der Waals surface area contributed by atoms with Gasteiger partial charge in [-0.1, -0.05) is 71.0 Å². The van der Waals surface area contributed by atoms with Crippen LogP contribution in [0.2, 0.25) is 0 Å². The largest absolute Gasteiger partial charge is 0.489 e. The van der Waals surface area contributed by atoms with Gasteiger partial charge in [0.15, 0.2) is 5.75 Å². The molecule has 0 spiro atoms. The number of nitrogens with zero attached hydrogens (tertiary/aromatic N) is 3. The second-order valence-electron chi connectivity index (χ2n) is 13.8. The average molecular weight is 814 g/mol. The van der Waals surface area contributed by atoms with Crippen LogP contribution in [0.1, 0.15) is 83.5 Å². The summed E-state index contributed by atoms with van der Waals surface area (Å²) >= 11 is 0. The number of hydrogen-bond donors (Lipinski definition) is 1. The number of nitriles is 3. The average Bonchev–Trinajstić information content (AvgIpc) is 3.35. The Bertz CT molecular complexity index is 3210. The predicted octanol–water partition coefficient (Wildman–Crippen LogP) is 9.07. The van der Waals surface area contributed by atoms with Crippen molar-refractivity contribution in [1.29, 1.82) is 15.8 Å². The van der Waals surface area contributed by atoms with Gasteiger partial charge in [0.25, 0.3) is 0 Å². The van der Waals surface area contributed by atoms with Gasteiger partial charge in [-0.2, -0.15) is 15.8 Å². The minimum atomic E-state index is -0.203. The van der Waals surface area contributed by atoms with E-state index in [1.54, 1.807) is 36.4 Å². The first kappa shape index (κ1) is 42.3. The first-order chi connectivity index (χ1) is 31.5. The quantitative estimate of drug-likeness (QED) is 0.180. The highest BCUT2D eigenvalue weighted by atomic mass is 16.5. The number of aliphatic hydroxyl groups excluding tert-OH is 1. The molecule has 5 nitrogen and oxygen atoms in total. The monoisotopic (exact) mass is 813 g/mol. The molecule has 0 aromatic heterocycles. The summed E-state index contributed by atoms with van der Waals surface area (Å²) in [6.07, 6.45) is 0. The minimum absolute atomic E-state index is 0.0357. The van der Waals surface area contributed by atoms with Crippen LogP contribution in [0, 0.1) is 105 Å². The topological polar surface area (TPSA) is 101 Å². The van der Waals surface area contributed by atoms with E-state index in [0.717, 1.165) is 50.1 Å². The molecule has 0 aliphatic rings. The Hall–Kier alpha value is -9.87. The Morgan fingerprint density at radius 2 is 0.500 bits per heavy atom. The van der Waals surface area contributed by atoms with Crippen molar-refractivity contribution in [3.05, 3.63) is 241 Å². The molecular weight excluding hydrogens is 783 g/mol. The lowest BCUT2D eigenvalue weighted by Gasteiger charge is -2.10. The van der Waals surface area contributed by atoms with Crippen molar-refractivity contribution in [2.45, 2.75) is 0 Å². The Morgan fingerprint density at radius 3 is 0.719 bits per heavy atom. The molecule has 0 bridgehead atoms. The molecule has 0 saturated carbocycles. The molecule has 0 heterocycles. The molecule has 64 heavy (non-hydrogen) atoms. The highest BCUT2D eigenvalue weighted by Gasteiger charge is 2.11. The summed E-state index contributed by atoms with van der Waals surface area (Å²) in [6, 6.07) is 54.2. The maximum atomic E-state index is 9.77. The summed E-state index contributed by atoms with van der Waals surface area (Å²) in [5, 5.41) is 37.0. The maximum absolute atomic E-state index is 9.77. The summed E-state index contributed by atoms with van der Waals surface area (Å²) in [7, 11) is 0. The second-order valence-corrected chi connectivity index (χ2v) is 13.8. The lowest BCUT2D eigenvalue weighted by atomic mass is 10.0. The highest BCUT2D eigenvalue weighted by molar-refractivity contribution is 5.64. The zero-order valence-electron chi connectivity index (χ0n) is 34.1. The van der Waals surface area contributed by atoms with E-state index in [1.807, 2.05) is 121 Å². The highest BCUT2D eigenvalue weighted by Crippen LogP contribution is 2.26. The summed E-state index contributed by atoms with van der Waals surface area (Å²) < 4.78 is 6.10. The number of rotatable bonds is 3. The molecule has 0 radical (unpaired) electrons. The third-order valence-corrected chi connectivity index (χ3v) is 9.21. The standard InChI is InChI=1S/C59H31N3O2/c60-41-53-26-19-48(20-27-53)8-3-44-1-6-47(7-2-44)25-32-56-39-57(35-33-51-15-11-45(12-16-51)4-9-49-21-28-54(42-61)29-22-49)59(64-38-37-63)58(40-56)36-34-52-17-13-46(14-18-52)5-10-50-23-30-55(43-62)31-24-50/h1-2,6-7,11-24,26-31,39-40,63H,37-38H2. The normalized spacial score (nSPS) is 9.28. The number of benzene rings is 7. The molecule has 0 aliphatic carbocycles. The van der Waals surface area contributed by atoms with Gasteiger partial charge in [0.2, 0.25) is 0 Å². The van der Waals surface area contributed by atoms with Crippen LogP contribution in [0.5, 0.6) is 5.75 Å². The SMILES string of the molecule is N#Cc1ccc(C#Cc2ccc(C#Cc3cc(C#Cc4ccc(C#Cc5ccc(C#N)cc5)cc4)c(OCCO)c(C#Cc4ccc(C#Cc5ccc(C#N)cc5)cc4)c3)cc2)cc1. The van der Waals surface area contributed by atoms with Gasteiger partial charge in [0, 0.05) is 55.6 Å². The molecule has 7 rings (SSSR count). The molecule has 0 unspecified atom stereocenters. The Kier molecular flexibility index (Phi) is 14.1. The first-order valence-electron chi connectivity index (χ1n) is 19.8. The van der Waals surface area contributed by atoms with Crippen LogP contribution in [0.4, 0.5) is 0 Å². The molecule has 0 amide bonds. The van der Waals surface area contributed by atoms with Crippen LogP contribution in [0.25, 0.3) is 0 Å². The number of hydrogen-bond acceptors (Lipinski definition) is 5. The van der Waals surface area contributed by atoms with Crippen LogP contribution >= 0.6 is 0 Å². The van der Waals surface area contributed by atoms with Crippen LogP contribution in [-0.4, -0.2) is 18.3 Å². The Balaban J connectivity index is 1.19. The van der Waals surface area contributed by atoms with Crippen molar-refractivity contribution in [1.82, 2.24) is 0 Å². The van der Waals surface area contributed by atoms with E-state index in [4.69, 9.17) is 20.5 Å². The number of ether oxygens (including phenoxy) is 1. The molecular formula is C59H31N3O2. The second kappa shape index (κ2) is 21.4. The van der Waals surface area contributed by atoms with Gasteiger partial charge in [-0.05, 0) is 158 Å². The van der Waals surface area contributed by atoms with Gasteiger partial charge < -0.3 is 9.84 Å². The molecule has 294 valence electrons. The smallest absolute Gasteiger partial charge is 0.150 e. The van der Waals surface area contributed by atoms with E-state index < -0.39 is 0 Å². The van der Waals surface area contributed by atoms with E-state index in [-0.39, 0.29) is 13.2 Å². The third-order valence-electron chi connectivity index (χ3n) is 9.21. The number of aliphatic hydroxyl groups is 1.